The molecule has 1 N–H and O–H groups in total. The van der Waals surface area contributed by atoms with Crippen molar-refractivity contribution in [3.63, 3.8) is 0 Å². The highest BCUT2D eigenvalue weighted by Crippen LogP contribution is 2.24. The van der Waals surface area contributed by atoms with Crippen molar-refractivity contribution in [2.24, 2.45) is 0 Å². The van der Waals surface area contributed by atoms with Gasteiger partial charge < -0.3 is 9.80 Å². The van der Waals surface area contributed by atoms with Gasteiger partial charge in [-0.05, 0) is 70.3 Å². The Bertz CT molecular complexity index is 830. The van der Waals surface area contributed by atoms with Crippen molar-refractivity contribution >= 4 is 21.4 Å². The Morgan fingerprint density at radius 1 is 1.04 bits per heavy atom. The second-order valence-corrected chi connectivity index (χ2v) is 8.85. The first-order valence-corrected chi connectivity index (χ1v) is 10.4. The highest BCUT2D eigenvalue weighted by atomic mass is 32.2. The highest BCUT2D eigenvalue weighted by molar-refractivity contribution is 7.92. The summed E-state index contributed by atoms with van der Waals surface area (Å²) in [6.07, 6.45) is 2.39. The number of rotatable bonds is 5. The van der Waals surface area contributed by atoms with Crippen LogP contribution in [0.3, 0.4) is 0 Å². The number of hydrogen-bond donors (Lipinski definition) is 1. The number of nitrogens with one attached hydrogen (secondary N) is 1. The van der Waals surface area contributed by atoms with Crippen molar-refractivity contribution in [2.75, 3.05) is 36.8 Å². The van der Waals surface area contributed by atoms with Gasteiger partial charge in [-0.25, -0.2) is 8.42 Å². The first-order valence-electron chi connectivity index (χ1n) is 8.96. The van der Waals surface area contributed by atoms with Crippen molar-refractivity contribution in [1.29, 1.82) is 0 Å². The largest absolute Gasteiger partial charge is 0.370 e. The Labute approximate surface area is 156 Å². The molecule has 0 aliphatic carbocycles. The maximum atomic E-state index is 12.5. The van der Waals surface area contributed by atoms with Gasteiger partial charge in [-0.2, -0.15) is 0 Å². The average molecular weight is 374 g/mol. The lowest BCUT2D eigenvalue weighted by molar-refractivity contribution is 0.258. The second-order valence-electron chi connectivity index (χ2n) is 7.17. The fourth-order valence-corrected chi connectivity index (χ4v) is 4.34. The SMILES string of the molecule is Cc1ccc(S(=O)(=O)Nc2ccc(N3CCCC(N(C)C)C3)cc2)cc1. The van der Waals surface area contributed by atoms with Crippen molar-refractivity contribution in [2.45, 2.75) is 30.7 Å². The lowest BCUT2D eigenvalue weighted by Gasteiger charge is -2.37. The molecular formula is C20H27N3O2S. The normalized spacial score (nSPS) is 18.2. The molecule has 5 nitrogen and oxygen atoms in total. The molecule has 3 rings (SSSR count). The summed E-state index contributed by atoms with van der Waals surface area (Å²) in [5.41, 5.74) is 2.75. The minimum Gasteiger partial charge on any atom is -0.370 e. The molecule has 2 aromatic rings. The molecule has 140 valence electrons. The van der Waals surface area contributed by atoms with Gasteiger partial charge in [0.2, 0.25) is 0 Å². The van der Waals surface area contributed by atoms with Crippen LogP contribution in [0.25, 0.3) is 0 Å². The van der Waals surface area contributed by atoms with Crippen LogP contribution in [0, 0.1) is 6.92 Å². The van der Waals surface area contributed by atoms with E-state index in [9.17, 15) is 8.42 Å². The van der Waals surface area contributed by atoms with Gasteiger partial charge in [-0.1, -0.05) is 17.7 Å². The van der Waals surface area contributed by atoms with Crippen LogP contribution in [-0.2, 0) is 10.0 Å². The van der Waals surface area contributed by atoms with Gasteiger partial charge in [0, 0.05) is 30.5 Å². The molecule has 0 spiro atoms. The molecule has 1 saturated heterocycles. The summed E-state index contributed by atoms with van der Waals surface area (Å²) in [7, 11) is 0.686. The van der Waals surface area contributed by atoms with Crippen LogP contribution < -0.4 is 9.62 Å². The van der Waals surface area contributed by atoms with E-state index in [1.807, 2.05) is 31.2 Å². The van der Waals surface area contributed by atoms with Crippen LogP contribution in [0.4, 0.5) is 11.4 Å². The predicted octanol–water partition coefficient (Wildman–Crippen LogP) is 3.33. The van der Waals surface area contributed by atoms with E-state index in [0.717, 1.165) is 24.3 Å². The van der Waals surface area contributed by atoms with Crippen LogP contribution in [-0.4, -0.2) is 46.5 Å². The van der Waals surface area contributed by atoms with Crippen molar-refractivity contribution in [1.82, 2.24) is 4.90 Å². The van der Waals surface area contributed by atoms with E-state index in [-0.39, 0.29) is 4.90 Å². The summed E-state index contributed by atoms with van der Waals surface area (Å²) in [5.74, 6) is 0. The summed E-state index contributed by atoms with van der Waals surface area (Å²) < 4.78 is 27.6. The summed E-state index contributed by atoms with van der Waals surface area (Å²) in [4.78, 5) is 4.92. The third-order valence-corrected chi connectivity index (χ3v) is 6.34. The number of nitrogens with zero attached hydrogens (tertiary/aromatic N) is 2. The van der Waals surface area contributed by atoms with Gasteiger partial charge in [0.25, 0.3) is 10.0 Å². The Hall–Kier alpha value is -2.05. The van der Waals surface area contributed by atoms with Crippen molar-refractivity contribution in [3.05, 3.63) is 54.1 Å². The van der Waals surface area contributed by atoms with Crippen molar-refractivity contribution < 1.29 is 8.42 Å². The molecule has 1 fully saturated rings. The number of anilines is 2. The molecule has 6 heteroatoms. The van der Waals surface area contributed by atoms with Crippen LogP contribution in [0.5, 0.6) is 0 Å². The smallest absolute Gasteiger partial charge is 0.261 e. The number of piperidine rings is 1. The third-order valence-electron chi connectivity index (χ3n) is 4.94. The summed E-state index contributed by atoms with van der Waals surface area (Å²) in [5, 5.41) is 0. The van der Waals surface area contributed by atoms with E-state index in [0.29, 0.717) is 11.7 Å². The van der Waals surface area contributed by atoms with E-state index >= 15 is 0 Å². The maximum Gasteiger partial charge on any atom is 0.261 e. The number of likely N-dealkylation sites (N-methyl/N-ethyl adjacent to an activating group) is 1. The molecule has 2 aromatic carbocycles. The minimum absolute atomic E-state index is 0.275. The van der Waals surface area contributed by atoms with Gasteiger partial charge >= 0.3 is 0 Å². The lowest BCUT2D eigenvalue weighted by atomic mass is 10.0. The zero-order valence-corrected chi connectivity index (χ0v) is 16.5. The second kappa shape index (κ2) is 7.68. The molecule has 1 aliphatic heterocycles. The number of hydrogen-bond acceptors (Lipinski definition) is 4. The fourth-order valence-electron chi connectivity index (χ4n) is 3.28. The Morgan fingerprint density at radius 3 is 2.31 bits per heavy atom. The summed E-state index contributed by atoms with van der Waals surface area (Å²) in [6.45, 7) is 3.98. The van der Waals surface area contributed by atoms with Gasteiger partial charge in [-0.3, -0.25) is 4.72 Å². The van der Waals surface area contributed by atoms with Gasteiger partial charge in [0.05, 0.1) is 4.90 Å². The molecule has 0 amide bonds. The molecule has 1 unspecified atom stereocenters. The predicted molar refractivity (Wildman–Crippen MR) is 107 cm³/mol. The van der Waals surface area contributed by atoms with Gasteiger partial charge in [0.15, 0.2) is 0 Å². The molecule has 0 radical (unpaired) electrons. The zero-order chi connectivity index (χ0) is 18.7. The topological polar surface area (TPSA) is 52.7 Å². The standard InChI is InChI=1S/C20H27N3O2S/c1-16-6-12-20(13-7-16)26(24,25)21-17-8-10-18(11-9-17)23-14-4-5-19(15-23)22(2)3/h6-13,19,21H,4-5,14-15H2,1-3H3. The number of benzene rings is 2. The Morgan fingerprint density at radius 2 is 1.69 bits per heavy atom. The Balaban J connectivity index is 1.70. The first-order chi connectivity index (χ1) is 12.3. The van der Waals surface area contributed by atoms with Gasteiger partial charge in [0.1, 0.15) is 0 Å². The van der Waals surface area contributed by atoms with E-state index in [1.54, 1.807) is 24.3 Å². The summed E-state index contributed by atoms with van der Waals surface area (Å²) >= 11 is 0. The van der Waals surface area contributed by atoms with E-state index in [4.69, 9.17) is 0 Å². The quantitative estimate of drug-likeness (QED) is 0.873. The first kappa shape index (κ1) is 18.7. The summed E-state index contributed by atoms with van der Waals surface area (Å²) in [6, 6.07) is 15.1. The molecule has 0 bridgehead atoms. The van der Waals surface area contributed by atoms with E-state index < -0.39 is 10.0 Å². The number of sulfonamides is 1. The van der Waals surface area contributed by atoms with Crippen molar-refractivity contribution in [3.8, 4) is 0 Å². The fraction of sp³-hybridized carbons (Fsp3) is 0.400. The molecule has 1 atom stereocenters. The molecule has 1 heterocycles. The zero-order valence-electron chi connectivity index (χ0n) is 15.6. The average Bonchev–Trinajstić information content (AvgIpc) is 2.62. The van der Waals surface area contributed by atoms with E-state index in [1.165, 1.54) is 12.8 Å². The van der Waals surface area contributed by atoms with Crippen LogP contribution in [0.1, 0.15) is 18.4 Å². The molecule has 0 aromatic heterocycles. The minimum atomic E-state index is -3.56. The molecule has 1 aliphatic rings. The Kier molecular flexibility index (Phi) is 5.53. The molecule has 0 saturated carbocycles. The monoisotopic (exact) mass is 373 g/mol. The number of aryl methyl sites for hydroxylation is 1. The third kappa shape index (κ3) is 4.37. The van der Waals surface area contributed by atoms with E-state index in [2.05, 4.69) is 28.6 Å². The van der Waals surface area contributed by atoms with Gasteiger partial charge in [-0.15, -0.1) is 0 Å². The maximum absolute atomic E-state index is 12.5. The molecule has 26 heavy (non-hydrogen) atoms. The highest BCUT2D eigenvalue weighted by Gasteiger charge is 2.21. The lowest BCUT2D eigenvalue weighted by Crippen LogP contribution is -2.45. The van der Waals surface area contributed by atoms with Crippen LogP contribution >= 0.6 is 0 Å². The van der Waals surface area contributed by atoms with Crippen LogP contribution in [0.15, 0.2) is 53.4 Å². The molecular weight excluding hydrogens is 346 g/mol. The van der Waals surface area contributed by atoms with Crippen LogP contribution in [0.2, 0.25) is 0 Å².